The van der Waals surface area contributed by atoms with Crippen LogP contribution in [-0.2, 0) is 0 Å². The first-order chi connectivity index (χ1) is 10.0. The normalized spacial score (nSPS) is 12.0. The van der Waals surface area contributed by atoms with Crippen LogP contribution >= 0.6 is 0 Å². The lowest BCUT2D eigenvalue weighted by Gasteiger charge is -2.19. The van der Waals surface area contributed by atoms with Crippen molar-refractivity contribution in [1.29, 1.82) is 0 Å². The van der Waals surface area contributed by atoms with Gasteiger partial charge in [-0.3, -0.25) is 0 Å². The lowest BCUT2D eigenvalue weighted by Crippen LogP contribution is -2.11. The van der Waals surface area contributed by atoms with E-state index < -0.39 is 11.6 Å². The van der Waals surface area contributed by atoms with Gasteiger partial charge in [0.15, 0.2) is 11.6 Å². The molecule has 0 heterocycles. The Morgan fingerprint density at radius 1 is 1.19 bits per heavy atom. The van der Waals surface area contributed by atoms with E-state index in [0.717, 1.165) is 17.3 Å². The molecule has 0 fully saturated rings. The van der Waals surface area contributed by atoms with Gasteiger partial charge in [0, 0.05) is 5.56 Å². The first kappa shape index (κ1) is 15.3. The average Bonchev–Trinajstić information content (AvgIpc) is 2.45. The summed E-state index contributed by atoms with van der Waals surface area (Å²) in [6.07, 6.45) is 0. The van der Waals surface area contributed by atoms with E-state index in [-0.39, 0.29) is 11.6 Å². The van der Waals surface area contributed by atoms with E-state index in [0.29, 0.717) is 12.4 Å². The number of hydrogen-bond acceptors (Lipinski definition) is 2. The Kier molecular flexibility index (Phi) is 4.78. The van der Waals surface area contributed by atoms with E-state index in [2.05, 4.69) is 5.32 Å². The van der Waals surface area contributed by atoms with E-state index >= 15 is 0 Å². The predicted octanol–water partition coefficient (Wildman–Crippen LogP) is 4.85. The topological polar surface area (TPSA) is 21.3 Å². The van der Waals surface area contributed by atoms with Crippen LogP contribution in [0.4, 0.5) is 14.5 Å². The summed E-state index contributed by atoms with van der Waals surface area (Å²) >= 11 is 0. The van der Waals surface area contributed by atoms with Gasteiger partial charge in [-0.15, -0.1) is 0 Å². The van der Waals surface area contributed by atoms with Crippen LogP contribution < -0.4 is 10.1 Å². The highest BCUT2D eigenvalue weighted by molar-refractivity contribution is 5.58. The zero-order valence-electron chi connectivity index (χ0n) is 12.4. The molecule has 21 heavy (non-hydrogen) atoms. The van der Waals surface area contributed by atoms with Crippen molar-refractivity contribution in [2.75, 3.05) is 11.9 Å². The number of ether oxygens (including phenoxy) is 1. The monoisotopic (exact) mass is 291 g/mol. The third-order valence-electron chi connectivity index (χ3n) is 3.26. The molecule has 0 aromatic heterocycles. The van der Waals surface area contributed by atoms with E-state index in [1.807, 2.05) is 32.0 Å². The van der Waals surface area contributed by atoms with Gasteiger partial charge in [-0.05, 0) is 44.5 Å². The van der Waals surface area contributed by atoms with Gasteiger partial charge in [0.05, 0.1) is 18.3 Å². The molecule has 0 saturated heterocycles. The molecule has 0 bridgehead atoms. The number of hydrogen-bond donors (Lipinski definition) is 1. The minimum Gasteiger partial charge on any atom is -0.492 e. The molecule has 0 amide bonds. The van der Waals surface area contributed by atoms with Gasteiger partial charge >= 0.3 is 0 Å². The van der Waals surface area contributed by atoms with Gasteiger partial charge in [-0.2, -0.15) is 0 Å². The molecule has 2 rings (SSSR count). The van der Waals surface area contributed by atoms with Crippen molar-refractivity contribution < 1.29 is 13.5 Å². The lowest BCUT2D eigenvalue weighted by atomic mass is 10.1. The van der Waals surface area contributed by atoms with Crippen molar-refractivity contribution in [1.82, 2.24) is 0 Å². The fourth-order valence-corrected chi connectivity index (χ4v) is 2.19. The second-order valence-electron chi connectivity index (χ2n) is 4.94. The molecule has 0 aliphatic carbocycles. The van der Waals surface area contributed by atoms with E-state index in [1.54, 1.807) is 13.0 Å². The van der Waals surface area contributed by atoms with E-state index in [4.69, 9.17) is 4.74 Å². The highest BCUT2D eigenvalue weighted by Gasteiger charge is 2.15. The molecular weight excluding hydrogens is 272 g/mol. The third kappa shape index (κ3) is 3.51. The van der Waals surface area contributed by atoms with Crippen molar-refractivity contribution in [3.8, 4) is 5.75 Å². The highest BCUT2D eigenvalue weighted by atomic mass is 19.2. The molecule has 2 aromatic carbocycles. The van der Waals surface area contributed by atoms with Crippen LogP contribution in [0.1, 0.15) is 31.0 Å². The molecule has 1 N–H and O–H groups in total. The molecule has 112 valence electrons. The molecule has 0 spiro atoms. The fraction of sp³-hybridized carbons (Fsp3) is 0.294. The minimum atomic E-state index is -0.838. The highest BCUT2D eigenvalue weighted by Crippen LogP contribution is 2.30. The second kappa shape index (κ2) is 6.57. The molecule has 1 unspecified atom stereocenters. The number of halogens is 2. The van der Waals surface area contributed by atoms with Crippen LogP contribution in [0, 0.1) is 18.6 Å². The Bertz CT molecular complexity index is 628. The van der Waals surface area contributed by atoms with Crippen molar-refractivity contribution in [2.45, 2.75) is 26.8 Å². The quantitative estimate of drug-likeness (QED) is 0.850. The lowest BCUT2D eigenvalue weighted by molar-refractivity contribution is 0.341. The van der Waals surface area contributed by atoms with Gasteiger partial charge in [0.1, 0.15) is 5.75 Å². The van der Waals surface area contributed by atoms with E-state index in [1.165, 1.54) is 6.07 Å². The molecule has 1 atom stereocenters. The number of aryl methyl sites for hydroxylation is 1. The zero-order valence-corrected chi connectivity index (χ0v) is 12.4. The van der Waals surface area contributed by atoms with Crippen LogP contribution in [-0.4, -0.2) is 6.61 Å². The molecule has 0 aliphatic rings. The zero-order chi connectivity index (χ0) is 15.4. The Morgan fingerprint density at radius 2 is 1.95 bits per heavy atom. The maximum atomic E-state index is 13.8. The summed E-state index contributed by atoms with van der Waals surface area (Å²) < 4.78 is 32.7. The maximum Gasteiger partial charge on any atom is 0.164 e. The molecule has 2 aromatic rings. The maximum absolute atomic E-state index is 13.8. The second-order valence-corrected chi connectivity index (χ2v) is 4.94. The summed E-state index contributed by atoms with van der Waals surface area (Å²) in [4.78, 5) is 0. The van der Waals surface area contributed by atoms with Gasteiger partial charge in [-0.1, -0.05) is 18.2 Å². The van der Waals surface area contributed by atoms with Crippen LogP contribution in [0.15, 0.2) is 36.4 Å². The summed E-state index contributed by atoms with van der Waals surface area (Å²) in [5, 5.41) is 3.18. The third-order valence-corrected chi connectivity index (χ3v) is 3.26. The standard InChI is InChI=1S/C17H19F2NO/c1-4-21-16-10-11(2)8-9-15(16)20-12(3)13-6-5-7-14(18)17(13)19/h5-10,12,20H,4H2,1-3H3. The summed E-state index contributed by atoms with van der Waals surface area (Å²) in [5.74, 6) is -0.946. The Labute approximate surface area is 123 Å². The van der Waals surface area contributed by atoms with Crippen molar-refractivity contribution in [3.05, 3.63) is 59.2 Å². The van der Waals surface area contributed by atoms with Gasteiger partial charge in [0.2, 0.25) is 0 Å². The molecule has 0 radical (unpaired) electrons. The number of nitrogens with one attached hydrogen (secondary N) is 1. The smallest absolute Gasteiger partial charge is 0.164 e. The number of benzene rings is 2. The average molecular weight is 291 g/mol. The molecule has 2 nitrogen and oxygen atoms in total. The van der Waals surface area contributed by atoms with Gasteiger partial charge < -0.3 is 10.1 Å². The summed E-state index contributed by atoms with van der Waals surface area (Å²) in [7, 11) is 0. The summed E-state index contributed by atoms with van der Waals surface area (Å²) in [6.45, 7) is 6.21. The first-order valence-electron chi connectivity index (χ1n) is 6.96. The largest absolute Gasteiger partial charge is 0.492 e. The summed E-state index contributed by atoms with van der Waals surface area (Å²) in [5.41, 5.74) is 2.13. The van der Waals surface area contributed by atoms with Gasteiger partial charge in [0.25, 0.3) is 0 Å². The molecule has 4 heteroatoms. The van der Waals surface area contributed by atoms with Crippen molar-refractivity contribution in [2.24, 2.45) is 0 Å². The van der Waals surface area contributed by atoms with Crippen molar-refractivity contribution >= 4 is 5.69 Å². The minimum absolute atomic E-state index is 0.290. The Morgan fingerprint density at radius 3 is 2.67 bits per heavy atom. The number of rotatable bonds is 5. The molecular formula is C17H19F2NO. The number of anilines is 1. The SMILES string of the molecule is CCOc1cc(C)ccc1NC(C)c1cccc(F)c1F. The molecule has 0 saturated carbocycles. The Balaban J connectivity index is 2.27. The van der Waals surface area contributed by atoms with E-state index in [9.17, 15) is 8.78 Å². The molecule has 0 aliphatic heterocycles. The fourth-order valence-electron chi connectivity index (χ4n) is 2.19. The van der Waals surface area contributed by atoms with Crippen molar-refractivity contribution in [3.63, 3.8) is 0 Å². The predicted molar refractivity (Wildman–Crippen MR) is 80.7 cm³/mol. The Hall–Kier alpha value is -2.10. The van der Waals surface area contributed by atoms with Crippen LogP contribution in [0.25, 0.3) is 0 Å². The van der Waals surface area contributed by atoms with Crippen LogP contribution in [0.3, 0.4) is 0 Å². The summed E-state index contributed by atoms with van der Waals surface area (Å²) in [6, 6.07) is 9.56. The van der Waals surface area contributed by atoms with Crippen LogP contribution in [0.5, 0.6) is 5.75 Å². The first-order valence-corrected chi connectivity index (χ1v) is 6.96. The van der Waals surface area contributed by atoms with Gasteiger partial charge in [-0.25, -0.2) is 8.78 Å². The van der Waals surface area contributed by atoms with Crippen LogP contribution in [0.2, 0.25) is 0 Å².